The number of benzene rings is 10. The number of para-hydroxylation sites is 5. The van der Waals surface area contributed by atoms with Gasteiger partial charge in [-0.25, -0.2) is 0 Å². The lowest BCUT2D eigenvalue weighted by molar-refractivity contribution is 0.670. The lowest BCUT2D eigenvalue weighted by Crippen LogP contribution is -2.10. The summed E-state index contributed by atoms with van der Waals surface area (Å²) >= 11 is 0. The molecule has 3 heteroatoms. The Balaban J connectivity index is 0.969. The average molecular weight is 805 g/mol. The van der Waals surface area contributed by atoms with Crippen molar-refractivity contribution in [2.45, 2.75) is 0 Å². The van der Waals surface area contributed by atoms with E-state index >= 15 is 0 Å². The number of hydrogen-bond acceptors (Lipinski definition) is 2. The van der Waals surface area contributed by atoms with Gasteiger partial charge in [-0.05, 0) is 94.0 Å². The van der Waals surface area contributed by atoms with Crippen molar-refractivity contribution in [3.8, 4) is 50.2 Å². The van der Waals surface area contributed by atoms with E-state index in [1.54, 1.807) is 0 Å². The zero-order valence-electron chi connectivity index (χ0n) is 34.4. The Morgan fingerprint density at radius 1 is 0.302 bits per heavy atom. The second-order valence-corrected chi connectivity index (χ2v) is 16.1. The molecule has 0 bridgehead atoms. The predicted molar refractivity (Wildman–Crippen MR) is 264 cm³/mol. The molecular formula is C60H40N2O. The quantitative estimate of drug-likeness (QED) is 0.153. The van der Waals surface area contributed by atoms with E-state index in [-0.39, 0.29) is 0 Å². The van der Waals surface area contributed by atoms with Crippen LogP contribution < -0.4 is 4.90 Å². The highest BCUT2D eigenvalue weighted by atomic mass is 16.3. The first kappa shape index (κ1) is 36.5. The van der Waals surface area contributed by atoms with E-state index in [0.29, 0.717) is 0 Å². The molecule has 2 heterocycles. The van der Waals surface area contributed by atoms with Gasteiger partial charge >= 0.3 is 0 Å². The molecule has 0 fully saturated rings. The van der Waals surface area contributed by atoms with Crippen LogP contribution >= 0.6 is 0 Å². The molecule has 0 amide bonds. The van der Waals surface area contributed by atoms with Crippen LogP contribution in [0.2, 0.25) is 0 Å². The molecule has 0 saturated heterocycles. The van der Waals surface area contributed by atoms with Crippen LogP contribution in [0.1, 0.15) is 0 Å². The van der Waals surface area contributed by atoms with Crippen LogP contribution in [-0.4, -0.2) is 4.57 Å². The highest BCUT2D eigenvalue weighted by molar-refractivity contribution is 6.11. The van der Waals surface area contributed by atoms with Gasteiger partial charge in [0.25, 0.3) is 0 Å². The minimum atomic E-state index is 0.896. The molecule has 0 aliphatic rings. The number of rotatable bonds is 8. The van der Waals surface area contributed by atoms with Crippen molar-refractivity contribution in [2.24, 2.45) is 0 Å². The number of nitrogens with zero attached hydrogens (tertiary/aromatic N) is 2. The van der Waals surface area contributed by atoms with Gasteiger partial charge in [0.15, 0.2) is 0 Å². The summed E-state index contributed by atoms with van der Waals surface area (Å²) in [4.78, 5) is 2.35. The van der Waals surface area contributed by atoms with Gasteiger partial charge in [-0.1, -0.05) is 182 Å². The second-order valence-electron chi connectivity index (χ2n) is 16.1. The Morgan fingerprint density at radius 2 is 0.810 bits per heavy atom. The Kier molecular flexibility index (Phi) is 8.83. The minimum Gasteiger partial charge on any atom is -0.455 e. The minimum absolute atomic E-state index is 0.896. The molecular weight excluding hydrogens is 765 g/mol. The van der Waals surface area contributed by atoms with E-state index in [4.69, 9.17) is 4.42 Å². The van der Waals surface area contributed by atoms with Crippen LogP contribution in [0.5, 0.6) is 0 Å². The van der Waals surface area contributed by atoms with Crippen molar-refractivity contribution < 1.29 is 4.42 Å². The van der Waals surface area contributed by atoms with Crippen LogP contribution in [0.3, 0.4) is 0 Å². The predicted octanol–water partition coefficient (Wildman–Crippen LogP) is 16.8. The number of aromatic nitrogens is 1. The number of anilines is 3. The zero-order valence-corrected chi connectivity index (χ0v) is 34.4. The van der Waals surface area contributed by atoms with Gasteiger partial charge < -0.3 is 13.9 Å². The third kappa shape index (κ3) is 6.29. The van der Waals surface area contributed by atoms with E-state index < -0.39 is 0 Å². The normalized spacial score (nSPS) is 11.5. The summed E-state index contributed by atoms with van der Waals surface area (Å²) in [5, 5.41) is 4.75. The average Bonchev–Trinajstić information content (AvgIpc) is 3.91. The summed E-state index contributed by atoms with van der Waals surface area (Å²) in [6.07, 6.45) is 0. The SMILES string of the molecule is c1ccc(-c2ccc(N(c3ccc(-c4ccccc4-c4ccccc4-n4c5ccccc5c5ccccc54)cc3)c3cccc(-c4cccc5c4oc4ccccc45)c3)cc2)cc1. The molecule has 3 nitrogen and oxygen atoms in total. The highest BCUT2D eigenvalue weighted by Crippen LogP contribution is 2.43. The summed E-state index contributed by atoms with van der Waals surface area (Å²) < 4.78 is 8.93. The Hall–Kier alpha value is -8.40. The third-order valence-corrected chi connectivity index (χ3v) is 12.4. The van der Waals surface area contributed by atoms with Crippen molar-refractivity contribution in [1.29, 1.82) is 0 Å². The molecule has 12 aromatic rings. The molecule has 63 heavy (non-hydrogen) atoms. The largest absolute Gasteiger partial charge is 0.455 e. The lowest BCUT2D eigenvalue weighted by Gasteiger charge is -2.26. The maximum atomic E-state index is 6.51. The molecule has 0 aliphatic carbocycles. The zero-order chi connectivity index (χ0) is 41.7. The molecule has 0 radical (unpaired) electrons. The Labute approximate surface area is 366 Å². The molecule has 10 aromatic carbocycles. The maximum Gasteiger partial charge on any atom is 0.143 e. The first-order chi connectivity index (χ1) is 31.3. The van der Waals surface area contributed by atoms with Crippen LogP contribution in [0.15, 0.2) is 247 Å². The Morgan fingerprint density at radius 3 is 1.54 bits per heavy atom. The van der Waals surface area contributed by atoms with E-state index in [1.807, 2.05) is 12.1 Å². The van der Waals surface area contributed by atoms with E-state index in [2.05, 4.69) is 240 Å². The fourth-order valence-electron chi connectivity index (χ4n) is 9.51. The van der Waals surface area contributed by atoms with Gasteiger partial charge in [0.2, 0.25) is 0 Å². The standard InChI is InChI=1S/C60H40N2O/c1-2-16-41(17-3-1)42-32-36-45(37-33-42)61(47-19-14-18-44(40-47)49-26-15-27-55-54-25-9-13-31-59(54)63-60(49)55)46-38-34-43(35-39-46)48-20-4-5-21-50(48)51-22-6-10-28-56(51)62-57-29-11-7-23-52(57)53-24-8-12-30-58(53)62/h1-40H. The topological polar surface area (TPSA) is 21.3 Å². The van der Waals surface area contributed by atoms with Gasteiger partial charge in [0.1, 0.15) is 11.2 Å². The summed E-state index contributed by atoms with van der Waals surface area (Å²) in [7, 11) is 0. The van der Waals surface area contributed by atoms with Crippen molar-refractivity contribution in [3.63, 3.8) is 0 Å². The summed E-state index contributed by atoms with van der Waals surface area (Å²) in [6.45, 7) is 0. The summed E-state index contributed by atoms with van der Waals surface area (Å²) in [5.74, 6) is 0. The molecule has 2 aromatic heterocycles. The van der Waals surface area contributed by atoms with Crippen molar-refractivity contribution in [2.75, 3.05) is 4.90 Å². The molecule has 0 saturated carbocycles. The number of hydrogen-bond donors (Lipinski definition) is 0. The molecule has 0 spiro atoms. The second kappa shape index (κ2) is 15.3. The fraction of sp³-hybridized carbons (Fsp3) is 0. The van der Waals surface area contributed by atoms with Crippen molar-refractivity contribution in [1.82, 2.24) is 4.57 Å². The molecule has 0 atom stereocenters. The molecule has 0 aliphatic heterocycles. The van der Waals surface area contributed by atoms with Gasteiger partial charge in [0, 0.05) is 49.7 Å². The van der Waals surface area contributed by atoms with Gasteiger partial charge in [-0.3, -0.25) is 0 Å². The highest BCUT2D eigenvalue weighted by Gasteiger charge is 2.20. The van der Waals surface area contributed by atoms with Gasteiger partial charge in [-0.15, -0.1) is 0 Å². The van der Waals surface area contributed by atoms with E-state index in [9.17, 15) is 0 Å². The fourth-order valence-corrected chi connectivity index (χ4v) is 9.51. The first-order valence-corrected chi connectivity index (χ1v) is 21.5. The van der Waals surface area contributed by atoms with Crippen LogP contribution in [0, 0.1) is 0 Å². The monoisotopic (exact) mass is 804 g/mol. The Bertz CT molecular complexity index is 3560. The third-order valence-electron chi connectivity index (χ3n) is 12.4. The van der Waals surface area contributed by atoms with Crippen LogP contribution in [0.4, 0.5) is 17.1 Å². The van der Waals surface area contributed by atoms with Crippen molar-refractivity contribution in [3.05, 3.63) is 243 Å². The number of fused-ring (bicyclic) bond motifs is 6. The molecule has 296 valence electrons. The van der Waals surface area contributed by atoms with Gasteiger partial charge in [-0.2, -0.15) is 0 Å². The van der Waals surface area contributed by atoms with E-state index in [1.165, 1.54) is 49.6 Å². The van der Waals surface area contributed by atoms with Crippen LogP contribution in [0.25, 0.3) is 93.9 Å². The summed E-state index contributed by atoms with van der Waals surface area (Å²) in [5.41, 5.74) is 17.8. The summed E-state index contributed by atoms with van der Waals surface area (Å²) in [6, 6.07) is 87.0. The van der Waals surface area contributed by atoms with Gasteiger partial charge in [0.05, 0.1) is 16.7 Å². The number of furan rings is 1. The maximum absolute atomic E-state index is 6.51. The molecule has 0 unspecified atom stereocenters. The smallest absolute Gasteiger partial charge is 0.143 e. The van der Waals surface area contributed by atoms with E-state index in [0.717, 1.165) is 61.4 Å². The molecule has 0 N–H and O–H groups in total. The van der Waals surface area contributed by atoms with Crippen LogP contribution in [-0.2, 0) is 0 Å². The lowest BCUT2D eigenvalue weighted by atomic mass is 9.93. The van der Waals surface area contributed by atoms with Crippen molar-refractivity contribution >= 4 is 60.8 Å². The molecule has 12 rings (SSSR count). The first-order valence-electron chi connectivity index (χ1n) is 21.5.